The van der Waals surface area contributed by atoms with E-state index in [1.807, 2.05) is 43.7 Å². The van der Waals surface area contributed by atoms with Gasteiger partial charge in [0.25, 0.3) is 0 Å². The van der Waals surface area contributed by atoms with E-state index in [1.54, 1.807) is 4.68 Å². The second kappa shape index (κ2) is 3.97. The number of carbonyl (C=O) groups is 1. The fourth-order valence-electron chi connectivity index (χ4n) is 3.79. The molecule has 2 fully saturated rings. The summed E-state index contributed by atoms with van der Waals surface area (Å²) < 4.78 is 1.77. The van der Waals surface area contributed by atoms with E-state index in [9.17, 15) is 9.90 Å². The zero-order valence-corrected chi connectivity index (χ0v) is 12.0. The van der Waals surface area contributed by atoms with Gasteiger partial charge in [-0.2, -0.15) is 5.10 Å². The first-order chi connectivity index (χ1) is 10.0. The van der Waals surface area contributed by atoms with Crippen molar-refractivity contribution in [2.45, 2.75) is 31.1 Å². The van der Waals surface area contributed by atoms with Gasteiger partial charge in [0.15, 0.2) is 0 Å². The van der Waals surface area contributed by atoms with Gasteiger partial charge in [-0.1, -0.05) is 24.3 Å². The number of nitrogens with zero attached hydrogens (tertiary/aromatic N) is 2. The highest BCUT2D eigenvalue weighted by atomic mass is 16.4. The molecule has 1 N–H and O–H groups in total. The molecule has 0 saturated heterocycles. The van der Waals surface area contributed by atoms with Crippen LogP contribution in [0, 0.1) is 5.41 Å². The van der Waals surface area contributed by atoms with Gasteiger partial charge in [0, 0.05) is 18.8 Å². The zero-order chi connectivity index (χ0) is 14.7. The Hall–Kier alpha value is -2.10. The predicted octanol–water partition coefficient (Wildman–Crippen LogP) is 2.98. The second-order valence-corrected chi connectivity index (χ2v) is 6.72. The van der Waals surface area contributed by atoms with Crippen LogP contribution in [0.5, 0.6) is 0 Å². The van der Waals surface area contributed by atoms with E-state index in [4.69, 9.17) is 0 Å². The smallest absolute Gasteiger partial charge is 0.314 e. The summed E-state index contributed by atoms with van der Waals surface area (Å²) in [4.78, 5) is 11.8. The predicted molar refractivity (Wildman–Crippen MR) is 78.9 cm³/mol. The van der Waals surface area contributed by atoms with Crippen molar-refractivity contribution in [3.05, 3.63) is 42.2 Å². The highest BCUT2D eigenvalue weighted by molar-refractivity contribution is 5.84. The molecule has 0 amide bonds. The lowest BCUT2D eigenvalue weighted by atomic mass is 9.56. The summed E-state index contributed by atoms with van der Waals surface area (Å²) in [6.07, 6.45) is 7.81. The van der Waals surface area contributed by atoms with Crippen LogP contribution in [-0.2, 0) is 17.3 Å². The number of carboxylic acid groups (broad SMARTS) is 1. The monoisotopic (exact) mass is 282 g/mol. The lowest BCUT2D eigenvalue weighted by Gasteiger charge is -2.45. The van der Waals surface area contributed by atoms with E-state index in [0.29, 0.717) is 5.41 Å². The minimum Gasteiger partial charge on any atom is -0.481 e. The third-order valence-electron chi connectivity index (χ3n) is 5.20. The molecule has 2 aliphatic rings. The number of hydrogen-bond acceptors (Lipinski definition) is 2. The summed E-state index contributed by atoms with van der Waals surface area (Å²) in [5.74, 6) is -0.672. The highest BCUT2D eigenvalue weighted by Crippen LogP contribution is 2.69. The standard InChI is InChI=1S/C17H18N2O2/c1-19-9-13(8-18-19)12-2-4-14(5-3-12)17(15(20)21)10-16(11-17)6-7-16/h2-5,8-9H,6-7,10-11H2,1H3,(H,20,21). The first kappa shape index (κ1) is 12.6. The minimum absolute atomic E-state index is 0.362. The van der Waals surface area contributed by atoms with Gasteiger partial charge in [-0.05, 0) is 42.2 Å². The van der Waals surface area contributed by atoms with Crippen LogP contribution in [0.25, 0.3) is 11.1 Å². The maximum Gasteiger partial charge on any atom is 0.314 e. The molecule has 1 spiro atoms. The lowest BCUT2D eigenvalue weighted by Crippen LogP contribution is -2.49. The van der Waals surface area contributed by atoms with Crippen molar-refractivity contribution in [3.8, 4) is 11.1 Å². The summed E-state index contributed by atoms with van der Waals surface area (Å²) in [6, 6.07) is 7.97. The topological polar surface area (TPSA) is 55.1 Å². The van der Waals surface area contributed by atoms with Crippen molar-refractivity contribution < 1.29 is 9.90 Å². The Morgan fingerprint density at radius 2 is 1.86 bits per heavy atom. The summed E-state index contributed by atoms with van der Waals surface area (Å²) in [5.41, 5.74) is 2.79. The SMILES string of the molecule is Cn1cc(-c2ccc(C3(C(=O)O)CC4(CC4)C3)cc2)cn1. The van der Waals surface area contributed by atoms with Gasteiger partial charge >= 0.3 is 5.97 Å². The fraction of sp³-hybridized carbons (Fsp3) is 0.412. The number of benzene rings is 1. The molecule has 1 aromatic heterocycles. The molecule has 0 atom stereocenters. The lowest BCUT2D eigenvalue weighted by molar-refractivity contribution is -0.150. The fourth-order valence-corrected chi connectivity index (χ4v) is 3.79. The van der Waals surface area contributed by atoms with Gasteiger partial charge in [0.05, 0.1) is 11.6 Å². The van der Waals surface area contributed by atoms with Crippen LogP contribution in [0.15, 0.2) is 36.7 Å². The van der Waals surface area contributed by atoms with E-state index in [1.165, 1.54) is 12.8 Å². The van der Waals surface area contributed by atoms with Crippen LogP contribution >= 0.6 is 0 Å². The van der Waals surface area contributed by atoms with Crippen LogP contribution in [0.3, 0.4) is 0 Å². The molecule has 2 aliphatic carbocycles. The van der Waals surface area contributed by atoms with Gasteiger partial charge in [0.1, 0.15) is 0 Å². The quantitative estimate of drug-likeness (QED) is 0.941. The molecule has 2 saturated carbocycles. The Labute approximate surface area is 123 Å². The van der Waals surface area contributed by atoms with Crippen molar-refractivity contribution in [1.82, 2.24) is 9.78 Å². The first-order valence-corrected chi connectivity index (χ1v) is 7.36. The molecule has 0 aliphatic heterocycles. The third kappa shape index (κ3) is 1.82. The summed E-state index contributed by atoms with van der Waals surface area (Å²) in [6.45, 7) is 0. The minimum atomic E-state index is -0.672. The molecule has 0 radical (unpaired) electrons. The molecule has 0 bridgehead atoms. The maximum absolute atomic E-state index is 11.8. The Morgan fingerprint density at radius 3 is 2.33 bits per heavy atom. The molecular formula is C17H18N2O2. The first-order valence-electron chi connectivity index (χ1n) is 7.36. The Kier molecular flexibility index (Phi) is 2.39. The number of aryl methyl sites for hydroxylation is 1. The van der Waals surface area contributed by atoms with E-state index in [2.05, 4.69) is 5.10 Å². The van der Waals surface area contributed by atoms with Crippen molar-refractivity contribution in [2.24, 2.45) is 12.5 Å². The largest absolute Gasteiger partial charge is 0.481 e. The average molecular weight is 282 g/mol. The highest BCUT2D eigenvalue weighted by Gasteiger charge is 2.64. The molecule has 1 heterocycles. The Balaban J connectivity index is 1.65. The number of hydrogen-bond donors (Lipinski definition) is 1. The molecular weight excluding hydrogens is 264 g/mol. The van der Waals surface area contributed by atoms with Crippen LogP contribution < -0.4 is 0 Å². The van der Waals surface area contributed by atoms with Crippen LogP contribution in [0.1, 0.15) is 31.2 Å². The van der Waals surface area contributed by atoms with Gasteiger partial charge in [-0.25, -0.2) is 0 Å². The van der Waals surface area contributed by atoms with Crippen LogP contribution in [0.2, 0.25) is 0 Å². The molecule has 0 unspecified atom stereocenters. The van der Waals surface area contributed by atoms with Crippen molar-refractivity contribution >= 4 is 5.97 Å². The Bertz CT molecular complexity index is 703. The maximum atomic E-state index is 11.8. The van der Waals surface area contributed by atoms with Crippen LogP contribution in [-0.4, -0.2) is 20.9 Å². The van der Waals surface area contributed by atoms with Gasteiger partial charge in [-0.15, -0.1) is 0 Å². The normalized spacial score (nSPS) is 21.0. The van der Waals surface area contributed by atoms with Crippen molar-refractivity contribution in [2.75, 3.05) is 0 Å². The molecule has 2 aromatic rings. The molecule has 4 rings (SSSR count). The van der Waals surface area contributed by atoms with Crippen LogP contribution in [0.4, 0.5) is 0 Å². The Morgan fingerprint density at radius 1 is 1.19 bits per heavy atom. The molecule has 4 nitrogen and oxygen atoms in total. The molecule has 1 aromatic carbocycles. The molecule has 108 valence electrons. The van der Waals surface area contributed by atoms with E-state index >= 15 is 0 Å². The molecule has 4 heteroatoms. The zero-order valence-electron chi connectivity index (χ0n) is 12.0. The summed E-state index contributed by atoms with van der Waals surface area (Å²) in [5, 5.41) is 13.8. The van der Waals surface area contributed by atoms with E-state index < -0.39 is 11.4 Å². The number of carboxylic acids is 1. The number of aliphatic carboxylic acids is 1. The van der Waals surface area contributed by atoms with Gasteiger partial charge < -0.3 is 5.11 Å². The van der Waals surface area contributed by atoms with Gasteiger partial charge in [0.2, 0.25) is 0 Å². The summed E-state index contributed by atoms with van der Waals surface area (Å²) in [7, 11) is 1.89. The van der Waals surface area contributed by atoms with Crippen molar-refractivity contribution in [1.29, 1.82) is 0 Å². The second-order valence-electron chi connectivity index (χ2n) is 6.72. The summed E-state index contributed by atoms with van der Waals surface area (Å²) >= 11 is 0. The van der Waals surface area contributed by atoms with Crippen molar-refractivity contribution in [3.63, 3.8) is 0 Å². The number of rotatable bonds is 3. The average Bonchev–Trinajstić information content (AvgIpc) is 3.11. The van der Waals surface area contributed by atoms with E-state index in [-0.39, 0.29) is 0 Å². The van der Waals surface area contributed by atoms with Gasteiger partial charge in [-0.3, -0.25) is 9.48 Å². The molecule has 21 heavy (non-hydrogen) atoms. The number of aromatic nitrogens is 2. The third-order valence-corrected chi connectivity index (χ3v) is 5.20. The van der Waals surface area contributed by atoms with E-state index in [0.717, 1.165) is 29.5 Å².